The molecule has 0 radical (unpaired) electrons. The number of nitrogens with one attached hydrogen (secondary N) is 1. The number of imidazole rings is 1. The van der Waals surface area contributed by atoms with Crippen molar-refractivity contribution >= 4 is 28.3 Å². The standard InChI is InChI=1S/C27H26ClN5O/c1-18(29-25-19(2)31(3)33(27(25)34)22-12-8-5-9-13-22)26-30-23-16-21(28)14-15-24(23)32(26)17-20-10-6-4-7-11-20/h4-16,18,29H,17H2,1-3H3. The van der Waals surface area contributed by atoms with Gasteiger partial charge in [0, 0.05) is 18.6 Å². The Balaban J connectivity index is 1.57. The number of hydrogen-bond acceptors (Lipinski definition) is 3. The van der Waals surface area contributed by atoms with Gasteiger partial charge in [-0.05, 0) is 49.7 Å². The van der Waals surface area contributed by atoms with E-state index in [1.54, 1.807) is 4.68 Å². The number of benzene rings is 3. The van der Waals surface area contributed by atoms with Crippen molar-refractivity contribution in [2.75, 3.05) is 5.32 Å². The summed E-state index contributed by atoms with van der Waals surface area (Å²) in [5, 5.41) is 4.10. The molecule has 0 amide bonds. The van der Waals surface area contributed by atoms with E-state index in [0.717, 1.165) is 28.2 Å². The highest BCUT2D eigenvalue weighted by atomic mass is 35.5. The quantitative estimate of drug-likeness (QED) is 0.345. The molecule has 0 bridgehead atoms. The van der Waals surface area contributed by atoms with Crippen LogP contribution in [0, 0.1) is 6.92 Å². The normalized spacial score (nSPS) is 12.2. The highest BCUT2D eigenvalue weighted by Crippen LogP contribution is 2.27. The van der Waals surface area contributed by atoms with E-state index < -0.39 is 0 Å². The van der Waals surface area contributed by atoms with Gasteiger partial charge >= 0.3 is 0 Å². The lowest BCUT2D eigenvalue weighted by molar-refractivity contribution is 0.630. The zero-order valence-electron chi connectivity index (χ0n) is 19.4. The Bertz CT molecular complexity index is 1520. The lowest BCUT2D eigenvalue weighted by Gasteiger charge is -2.17. The molecule has 172 valence electrons. The Hall–Kier alpha value is -3.77. The first-order valence-electron chi connectivity index (χ1n) is 11.2. The van der Waals surface area contributed by atoms with Gasteiger partial charge in [-0.15, -0.1) is 0 Å². The summed E-state index contributed by atoms with van der Waals surface area (Å²) in [6.45, 7) is 4.65. The molecule has 1 unspecified atom stereocenters. The highest BCUT2D eigenvalue weighted by Gasteiger charge is 2.22. The number of halogens is 1. The van der Waals surface area contributed by atoms with Gasteiger partial charge in [-0.1, -0.05) is 60.1 Å². The van der Waals surface area contributed by atoms with Gasteiger partial charge in [0.1, 0.15) is 11.5 Å². The minimum atomic E-state index is -0.215. The molecule has 0 aliphatic rings. The summed E-state index contributed by atoms with van der Waals surface area (Å²) in [5.41, 5.74) is 5.16. The largest absolute Gasteiger partial charge is 0.369 e. The molecule has 0 fully saturated rings. The van der Waals surface area contributed by atoms with Gasteiger partial charge in [0.25, 0.3) is 5.56 Å². The minimum Gasteiger partial charge on any atom is -0.369 e. The topological polar surface area (TPSA) is 56.8 Å². The van der Waals surface area contributed by atoms with Crippen molar-refractivity contribution in [1.29, 1.82) is 0 Å². The van der Waals surface area contributed by atoms with Crippen molar-refractivity contribution in [2.24, 2.45) is 7.05 Å². The van der Waals surface area contributed by atoms with E-state index in [1.807, 2.05) is 92.3 Å². The Morgan fingerprint density at radius 2 is 1.68 bits per heavy atom. The number of hydrogen-bond donors (Lipinski definition) is 1. The second-order valence-electron chi connectivity index (χ2n) is 8.48. The molecule has 5 aromatic rings. The molecular formula is C27H26ClN5O. The van der Waals surface area contributed by atoms with Crippen LogP contribution in [0.1, 0.15) is 30.0 Å². The van der Waals surface area contributed by atoms with E-state index in [9.17, 15) is 4.79 Å². The molecule has 2 heterocycles. The zero-order chi connectivity index (χ0) is 23.8. The third-order valence-electron chi connectivity index (χ3n) is 6.23. The minimum absolute atomic E-state index is 0.0909. The third-order valence-corrected chi connectivity index (χ3v) is 6.46. The van der Waals surface area contributed by atoms with Crippen LogP contribution in [-0.4, -0.2) is 18.9 Å². The summed E-state index contributed by atoms with van der Waals surface area (Å²) >= 11 is 6.26. The SMILES string of the molecule is Cc1c(NC(C)c2nc3cc(Cl)ccc3n2Cc2ccccc2)c(=O)n(-c2ccccc2)n1C. The Labute approximate surface area is 203 Å². The molecule has 5 rings (SSSR count). The van der Waals surface area contributed by atoms with Crippen molar-refractivity contribution in [3.63, 3.8) is 0 Å². The van der Waals surface area contributed by atoms with Gasteiger partial charge in [-0.3, -0.25) is 9.48 Å². The van der Waals surface area contributed by atoms with Gasteiger partial charge in [0.15, 0.2) is 0 Å². The fourth-order valence-electron chi connectivity index (χ4n) is 4.40. The Morgan fingerprint density at radius 3 is 2.38 bits per heavy atom. The Kier molecular flexibility index (Phi) is 5.75. The van der Waals surface area contributed by atoms with Gasteiger partial charge in [-0.2, -0.15) is 0 Å². The summed E-state index contributed by atoms with van der Waals surface area (Å²) in [7, 11) is 1.90. The summed E-state index contributed by atoms with van der Waals surface area (Å²) in [6, 6.07) is 25.5. The molecule has 2 aromatic heterocycles. The highest BCUT2D eigenvalue weighted by molar-refractivity contribution is 6.31. The second kappa shape index (κ2) is 8.88. The maximum absolute atomic E-state index is 13.4. The van der Waals surface area contributed by atoms with Gasteiger partial charge in [0.05, 0.1) is 28.5 Å². The predicted molar refractivity (Wildman–Crippen MR) is 138 cm³/mol. The molecule has 34 heavy (non-hydrogen) atoms. The molecule has 7 heteroatoms. The second-order valence-corrected chi connectivity index (χ2v) is 8.91. The van der Waals surface area contributed by atoms with Crippen molar-refractivity contribution < 1.29 is 0 Å². The fourth-order valence-corrected chi connectivity index (χ4v) is 4.57. The van der Waals surface area contributed by atoms with Crippen LogP contribution in [0.3, 0.4) is 0 Å². The molecule has 1 atom stereocenters. The van der Waals surface area contributed by atoms with E-state index >= 15 is 0 Å². The fraction of sp³-hybridized carbons (Fsp3) is 0.185. The molecule has 0 aliphatic carbocycles. The smallest absolute Gasteiger partial charge is 0.295 e. The van der Waals surface area contributed by atoms with Crippen LogP contribution in [-0.2, 0) is 13.6 Å². The average molecular weight is 472 g/mol. The summed E-state index contributed by atoms with van der Waals surface area (Å²) in [6.07, 6.45) is 0. The molecule has 1 N–H and O–H groups in total. The maximum atomic E-state index is 13.4. The van der Waals surface area contributed by atoms with Crippen LogP contribution in [0.2, 0.25) is 5.02 Å². The van der Waals surface area contributed by atoms with E-state index in [0.29, 0.717) is 17.3 Å². The summed E-state index contributed by atoms with van der Waals surface area (Å²) in [4.78, 5) is 18.3. The Morgan fingerprint density at radius 1 is 1.00 bits per heavy atom. The van der Waals surface area contributed by atoms with Crippen molar-refractivity contribution in [3.05, 3.63) is 111 Å². The van der Waals surface area contributed by atoms with Crippen LogP contribution in [0.25, 0.3) is 16.7 Å². The number of para-hydroxylation sites is 1. The van der Waals surface area contributed by atoms with Crippen molar-refractivity contribution in [1.82, 2.24) is 18.9 Å². The number of anilines is 1. The molecule has 3 aromatic carbocycles. The van der Waals surface area contributed by atoms with Crippen molar-refractivity contribution in [2.45, 2.75) is 26.4 Å². The van der Waals surface area contributed by atoms with Gasteiger partial charge in [0.2, 0.25) is 0 Å². The molecule has 0 aliphatic heterocycles. The third kappa shape index (κ3) is 3.90. The van der Waals surface area contributed by atoms with Crippen LogP contribution < -0.4 is 10.9 Å². The maximum Gasteiger partial charge on any atom is 0.295 e. The van der Waals surface area contributed by atoms with E-state index in [-0.39, 0.29) is 11.6 Å². The van der Waals surface area contributed by atoms with Crippen molar-refractivity contribution in [3.8, 4) is 5.69 Å². The first-order valence-corrected chi connectivity index (χ1v) is 11.6. The van der Waals surface area contributed by atoms with Gasteiger partial charge in [-0.25, -0.2) is 9.67 Å². The monoisotopic (exact) mass is 471 g/mol. The van der Waals surface area contributed by atoms with Crippen LogP contribution >= 0.6 is 11.6 Å². The number of fused-ring (bicyclic) bond motifs is 1. The van der Waals surface area contributed by atoms with Crippen LogP contribution in [0.5, 0.6) is 0 Å². The lowest BCUT2D eigenvalue weighted by atomic mass is 10.2. The molecule has 0 saturated carbocycles. The van der Waals surface area contributed by atoms with E-state index in [2.05, 4.69) is 22.0 Å². The number of rotatable bonds is 6. The first kappa shape index (κ1) is 22.0. The lowest BCUT2D eigenvalue weighted by Crippen LogP contribution is -2.22. The van der Waals surface area contributed by atoms with Crippen LogP contribution in [0.15, 0.2) is 83.7 Å². The summed E-state index contributed by atoms with van der Waals surface area (Å²) < 4.78 is 5.74. The molecule has 0 saturated heterocycles. The zero-order valence-corrected chi connectivity index (χ0v) is 20.1. The number of aromatic nitrogens is 4. The first-order chi connectivity index (χ1) is 16.4. The van der Waals surface area contributed by atoms with Gasteiger partial charge < -0.3 is 9.88 Å². The molecular weight excluding hydrogens is 446 g/mol. The van der Waals surface area contributed by atoms with E-state index in [1.165, 1.54) is 5.56 Å². The van der Waals surface area contributed by atoms with Crippen LogP contribution in [0.4, 0.5) is 5.69 Å². The van der Waals surface area contributed by atoms with E-state index in [4.69, 9.17) is 16.6 Å². The average Bonchev–Trinajstić information content (AvgIpc) is 3.29. The predicted octanol–water partition coefficient (Wildman–Crippen LogP) is 5.71. The summed E-state index contributed by atoms with van der Waals surface area (Å²) in [5.74, 6) is 0.843. The molecule has 0 spiro atoms. The number of nitrogens with zero attached hydrogens (tertiary/aromatic N) is 4. The molecule has 6 nitrogen and oxygen atoms in total.